The summed E-state index contributed by atoms with van der Waals surface area (Å²) in [5.74, 6) is 1.01. The predicted octanol–water partition coefficient (Wildman–Crippen LogP) is 3.66. The zero-order valence-corrected chi connectivity index (χ0v) is 13.4. The summed E-state index contributed by atoms with van der Waals surface area (Å²) in [4.78, 5) is 12.0. The molecule has 3 rings (SSSR count). The van der Waals surface area contributed by atoms with Gasteiger partial charge in [-0.1, -0.05) is 11.6 Å². The first-order valence-corrected chi connectivity index (χ1v) is 7.77. The van der Waals surface area contributed by atoms with Crippen molar-refractivity contribution in [1.29, 1.82) is 0 Å². The number of amides is 1. The van der Waals surface area contributed by atoms with Crippen molar-refractivity contribution in [2.24, 2.45) is 0 Å². The molecule has 0 atom stereocenters. The Kier molecular flexibility index (Phi) is 5.05. The molecular weight excluding hydrogens is 337 g/mol. The Morgan fingerprint density at radius 1 is 1.17 bits per heavy atom. The zero-order chi connectivity index (χ0) is 16.9. The Bertz CT molecular complexity index is 736. The lowest BCUT2D eigenvalue weighted by molar-refractivity contribution is -0.116. The number of carbonyl (C=O) groups is 1. The molecule has 126 valence electrons. The summed E-state index contributed by atoms with van der Waals surface area (Å²) in [7, 11) is 0. The van der Waals surface area contributed by atoms with E-state index in [4.69, 9.17) is 25.8 Å². The van der Waals surface area contributed by atoms with Crippen molar-refractivity contribution in [1.82, 2.24) is 0 Å². The molecule has 0 unspecified atom stereocenters. The lowest BCUT2D eigenvalue weighted by atomic mass is 10.2. The molecule has 5 nitrogen and oxygen atoms in total. The molecule has 0 saturated heterocycles. The van der Waals surface area contributed by atoms with Crippen molar-refractivity contribution in [2.45, 2.75) is 6.42 Å². The fraction of sp³-hybridized carbons (Fsp3) is 0.235. The second-order valence-electron chi connectivity index (χ2n) is 5.08. The van der Waals surface area contributed by atoms with E-state index in [1.165, 1.54) is 24.3 Å². The van der Waals surface area contributed by atoms with Gasteiger partial charge in [0.05, 0.1) is 23.7 Å². The highest BCUT2D eigenvalue weighted by molar-refractivity contribution is 6.34. The molecule has 0 aliphatic carbocycles. The van der Waals surface area contributed by atoms with Crippen molar-refractivity contribution < 1.29 is 23.4 Å². The van der Waals surface area contributed by atoms with Crippen LogP contribution in [0.4, 0.5) is 10.1 Å². The zero-order valence-electron chi connectivity index (χ0n) is 12.7. The van der Waals surface area contributed by atoms with E-state index in [9.17, 15) is 9.18 Å². The number of hydrogen-bond acceptors (Lipinski definition) is 4. The number of anilines is 1. The summed E-state index contributed by atoms with van der Waals surface area (Å²) in [6, 6.07) is 8.85. The van der Waals surface area contributed by atoms with Gasteiger partial charge in [0.25, 0.3) is 0 Å². The number of fused-ring (bicyclic) bond motifs is 1. The molecule has 2 aromatic carbocycles. The van der Waals surface area contributed by atoms with Gasteiger partial charge >= 0.3 is 0 Å². The van der Waals surface area contributed by atoms with Gasteiger partial charge in [-0.25, -0.2) is 4.39 Å². The second-order valence-corrected chi connectivity index (χ2v) is 5.48. The summed E-state index contributed by atoms with van der Waals surface area (Å²) in [5.41, 5.74) is 0.452. The maximum atomic E-state index is 12.8. The number of halogens is 2. The lowest BCUT2D eigenvalue weighted by Gasteiger charge is -2.20. The van der Waals surface area contributed by atoms with Crippen molar-refractivity contribution in [3.05, 3.63) is 47.2 Å². The third kappa shape index (κ3) is 4.08. The molecule has 1 N–H and O–H groups in total. The largest absolute Gasteiger partial charge is 0.493 e. The molecule has 1 amide bonds. The van der Waals surface area contributed by atoms with Crippen LogP contribution in [0.15, 0.2) is 36.4 Å². The van der Waals surface area contributed by atoms with Crippen LogP contribution >= 0.6 is 11.6 Å². The van der Waals surface area contributed by atoms with Gasteiger partial charge < -0.3 is 19.5 Å². The monoisotopic (exact) mass is 351 g/mol. The molecule has 1 aliphatic heterocycles. The summed E-state index contributed by atoms with van der Waals surface area (Å²) >= 11 is 6.13. The maximum Gasteiger partial charge on any atom is 0.227 e. The first-order valence-electron chi connectivity index (χ1n) is 7.39. The Balaban J connectivity index is 1.54. The number of ether oxygens (including phenoxy) is 3. The van der Waals surface area contributed by atoms with E-state index in [0.717, 1.165) is 0 Å². The van der Waals surface area contributed by atoms with Crippen LogP contribution in [0.25, 0.3) is 0 Å². The highest BCUT2D eigenvalue weighted by Gasteiger charge is 2.16. The van der Waals surface area contributed by atoms with Crippen LogP contribution in [-0.2, 0) is 4.79 Å². The van der Waals surface area contributed by atoms with Gasteiger partial charge in [-0.2, -0.15) is 0 Å². The van der Waals surface area contributed by atoms with Crippen molar-refractivity contribution in [3.8, 4) is 17.2 Å². The molecule has 1 aliphatic rings. The highest BCUT2D eigenvalue weighted by atomic mass is 35.5. The SMILES string of the molecule is O=C(CCOc1ccc(F)cc1)Nc1cc2c(cc1Cl)OCCO2. The van der Waals surface area contributed by atoms with Crippen LogP contribution in [0.5, 0.6) is 17.2 Å². The highest BCUT2D eigenvalue weighted by Crippen LogP contribution is 2.37. The molecule has 24 heavy (non-hydrogen) atoms. The van der Waals surface area contributed by atoms with Crippen LogP contribution < -0.4 is 19.5 Å². The molecule has 0 radical (unpaired) electrons. The second kappa shape index (κ2) is 7.40. The van der Waals surface area contributed by atoms with Gasteiger partial charge in [0.15, 0.2) is 11.5 Å². The van der Waals surface area contributed by atoms with Crippen LogP contribution in [0, 0.1) is 5.82 Å². The molecule has 0 fully saturated rings. The van der Waals surface area contributed by atoms with E-state index >= 15 is 0 Å². The number of nitrogens with one attached hydrogen (secondary N) is 1. The van der Waals surface area contributed by atoms with Gasteiger partial charge in [0, 0.05) is 12.1 Å². The van der Waals surface area contributed by atoms with Gasteiger partial charge in [0.2, 0.25) is 5.91 Å². The molecule has 2 aromatic rings. The Morgan fingerprint density at radius 3 is 2.54 bits per heavy atom. The Hall–Kier alpha value is -2.47. The summed E-state index contributed by atoms with van der Waals surface area (Å²) in [6.45, 7) is 1.09. The molecule has 0 bridgehead atoms. The number of hydrogen-bond donors (Lipinski definition) is 1. The number of carbonyl (C=O) groups excluding carboxylic acids is 1. The van der Waals surface area contributed by atoms with E-state index in [2.05, 4.69) is 5.32 Å². The van der Waals surface area contributed by atoms with E-state index in [0.29, 0.717) is 41.2 Å². The summed E-state index contributed by atoms with van der Waals surface area (Å²) < 4.78 is 29.0. The van der Waals surface area contributed by atoms with Gasteiger partial charge in [-0.3, -0.25) is 4.79 Å². The molecule has 0 aromatic heterocycles. The van der Waals surface area contributed by atoms with E-state index in [-0.39, 0.29) is 24.8 Å². The fourth-order valence-electron chi connectivity index (χ4n) is 2.16. The Labute approximate surface area is 143 Å². The lowest BCUT2D eigenvalue weighted by Crippen LogP contribution is -2.18. The van der Waals surface area contributed by atoms with Gasteiger partial charge in [0.1, 0.15) is 24.8 Å². The molecule has 0 saturated carbocycles. The van der Waals surface area contributed by atoms with E-state index < -0.39 is 0 Å². The van der Waals surface area contributed by atoms with Gasteiger partial charge in [-0.05, 0) is 24.3 Å². The Morgan fingerprint density at radius 2 is 1.83 bits per heavy atom. The predicted molar refractivity (Wildman–Crippen MR) is 87.6 cm³/mol. The van der Waals surface area contributed by atoms with Crippen molar-refractivity contribution in [2.75, 3.05) is 25.1 Å². The third-order valence-corrected chi connectivity index (χ3v) is 3.63. The first kappa shape index (κ1) is 16.4. The first-order chi connectivity index (χ1) is 11.6. The van der Waals surface area contributed by atoms with Crippen molar-refractivity contribution >= 4 is 23.2 Å². The van der Waals surface area contributed by atoms with Gasteiger partial charge in [-0.15, -0.1) is 0 Å². The minimum absolute atomic E-state index is 0.127. The van der Waals surface area contributed by atoms with E-state index in [1.54, 1.807) is 12.1 Å². The third-order valence-electron chi connectivity index (χ3n) is 3.32. The smallest absolute Gasteiger partial charge is 0.227 e. The topological polar surface area (TPSA) is 56.8 Å². The minimum atomic E-state index is -0.339. The molecule has 0 spiro atoms. The van der Waals surface area contributed by atoms with Crippen LogP contribution in [0.3, 0.4) is 0 Å². The maximum absolute atomic E-state index is 12.8. The number of rotatable bonds is 5. The molecule has 1 heterocycles. The summed E-state index contributed by atoms with van der Waals surface area (Å²) in [5, 5.41) is 3.08. The number of benzene rings is 2. The summed E-state index contributed by atoms with van der Waals surface area (Å²) in [6.07, 6.45) is 0.127. The van der Waals surface area contributed by atoms with Crippen molar-refractivity contribution in [3.63, 3.8) is 0 Å². The standard InChI is InChI=1S/C17H15ClFNO4/c18-13-9-15-16(24-8-7-23-15)10-14(13)20-17(21)5-6-22-12-3-1-11(19)2-4-12/h1-4,9-10H,5-8H2,(H,20,21). The van der Waals surface area contributed by atoms with E-state index in [1.807, 2.05) is 0 Å². The van der Waals surface area contributed by atoms with Crippen LogP contribution in [0.1, 0.15) is 6.42 Å². The fourth-order valence-corrected chi connectivity index (χ4v) is 2.37. The normalized spacial score (nSPS) is 12.6. The van der Waals surface area contributed by atoms with Crippen LogP contribution in [-0.4, -0.2) is 25.7 Å². The quantitative estimate of drug-likeness (QED) is 0.893. The minimum Gasteiger partial charge on any atom is -0.493 e. The molecular formula is C17H15ClFNO4. The molecule has 7 heteroatoms. The van der Waals surface area contributed by atoms with Crippen LogP contribution in [0.2, 0.25) is 5.02 Å². The average molecular weight is 352 g/mol. The average Bonchev–Trinajstić information content (AvgIpc) is 2.57.